The summed E-state index contributed by atoms with van der Waals surface area (Å²) in [6.45, 7) is 6.39. The number of Topliss-reactive ketones (excluding diaryl/α,β-unsaturated/α-hetero) is 1. The van der Waals surface area contributed by atoms with Gasteiger partial charge in [0.05, 0.1) is 13.2 Å². The van der Waals surface area contributed by atoms with Crippen molar-refractivity contribution >= 4 is 23.1 Å². The highest BCUT2D eigenvalue weighted by Gasteiger charge is 2.13. The van der Waals surface area contributed by atoms with Gasteiger partial charge in [-0.25, -0.2) is 4.52 Å². The zero-order valence-electron chi connectivity index (χ0n) is 18.7. The minimum atomic E-state index is 0.132. The van der Waals surface area contributed by atoms with Gasteiger partial charge in [-0.15, -0.1) is 5.10 Å². The number of carbonyl (C=O) groups excluding carboxylic acids is 1. The van der Waals surface area contributed by atoms with Crippen molar-refractivity contribution in [2.75, 3.05) is 31.6 Å². The molecule has 7 heteroatoms. The number of carbonyl (C=O) groups is 1. The van der Waals surface area contributed by atoms with Crippen LogP contribution in [0.4, 0.5) is 11.6 Å². The normalized spacial score (nSPS) is 14.5. The summed E-state index contributed by atoms with van der Waals surface area (Å²) in [5, 5.41) is 7.81. The molecule has 0 amide bonds. The highest BCUT2D eigenvalue weighted by Crippen LogP contribution is 2.26. The predicted octanol–water partition coefficient (Wildman–Crippen LogP) is 4.56. The molecular formula is C26H27N5O2. The van der Waals surface area contributed by atoms with Crippen LogP contribution in [0.5, 0.6) is 0 Å². The lowest BCUT2D eigenvalue weighted by molar-refractivity contribution is 0.0342. The fraction of sp³-hybridized carbons (Fsp3) is 0.269. The van der Waals surface area contributed by atoms with Crippen LogP contribution in [-0.2, 0) is 11.3 Å². The number of ketones is 1. The Morgan fingerprint density at radius 1 is 1.03 bits per heavy atom. The first kappa shape index (κ1) is 21.3. The van der Waals surface area contributed by atoms with E-state index in [0.717, 1.165) is 55.3 Å². The Morgan fingerprint density at radius 3 is 2.52 bits per heavy atom. The SMILES string of the molecule is CCC(=O)c1ccc(Nc2nc3c(-c4ccc(CN5CCOCC5)cc4)cccn3n2)cc1. The average Bonchev–Trinajstić information content (AvgIpc) is 3.28. The maximum absolute atomic E-state index is 11.8. The van der Waals surface area contributed by atoms with Crippen LogP contribution in [0, 0.1) is 0 Å². The molecule has 7 nitrogen and oxygen atoms in total. The smallest absolute Gasteiger partial charge is 0.247 e. The van der Waals surface area contributed by atoms with Crippen molar-refractivity contribution in [3.8, 4) is 11.1 Å². The molecule has 5 rings (SSSR count). The van der Waals surface area contributed by atoms with Crippen LogP contribution in [-0.4, -0.2) is 51.6 Å². The standard InChI is InChI=1S/C26H27N5O2/c1-2-24(32)21-9-11-22(12-10-21)27-26-28-25-23(4-3-13-31(25)29-26)20-7-5-19(6-8-20)18-30-14-16-33-17-15-30/h3-13H,2,14-18H2,1H3,(H,27,29). The van der Waals surface area contributed by atoms with Crippen molar-refractivity contribution in [2.45, 2.75) is 19.9 Å². The average molecular weight is 442 g/mol. The molecule has 0 radical (unpaired) electrons. The summed E-state index contributed by atoms with van der Waals surface area (Å²) in [5.74, 6) is 0.647. The van der Waals surface area contributed by atoms with E-state index in [4.69, 9.17) is 9.72 Å². The lowest BCUT2D eigenvalue weighted by atomic mass is 10.0. The van der Waals surface area contributed by atoms with E-state index in [0.29, 0.717) is 17.9 Å². The van der Waals surface area contributed by atoms with Gasteiger partial charge in [0.15, 0.2) is 11.4 Å². The number of aromatic nitrogens is 3. The molecule has 168 valence electrons. The number of nitrogens with zero attached hydrogens (tertiary/aromatic N) is 4. The van der Waals surface area contributed by atoms with Gasteiger partial charge in [0.25, 0.3) is 0 Å². The Balaban J connectivity index is 1.35. The monoisotopic (exact) mass is 441 g/mol. The van der Waals surface area contributed by atoms with E-state index in [1.54, 1.807) is 4.52 Å². The molecule has 1 saturated heterocycles. The molecule has 0 unspecified atom stereocenters. The number of pyridine rings is 1. The molecule has 0 saturated carbocycles. The highest BCUT2D eigenvalue weighted by molar-refractivity contribution is 5.96. The van der Waals surface area contributed by atoms with Crippen molar-refractivity contribution in [3.05, 3.63) is 78.0 Å². The third-order valence-corrected chi connectivity index (χ3v) is 5.92. The van der Waals surface area contributed by atoms with E-state index in [-0.39, 0.29) is 5.78 Å². The summed E-state index contributed by atoms with van der Waals surface area (Å²) in [7, 11) is 0. The molecule has 0 spiro atoms. The number of benzene rings is 2. The van der Waals surface area contributed by atoms with Crippen LogP contribution in [0.25, 0.3) is 16.8 Å². The van der Waals surface area contributed by atoms with Crippen molar-refractivity contribution in [3.63, 3.8) is 0 Å². The zero-order chi connectivity index (χ0) is 22.6. The summed E-state index contributed by atoms with van der Waals surface area (Å²) in [6, 6.07) is 20.1. The van der Waals surface area contributed by atoms with Gasteiger partial charge in [-0.2, -0.15) is 4.98 Å². The number of ether oxygens (including phenoxy) is 1. The molecule has 1 fully saturated rings. The molecule has 1 N–H and O–H groups in total. The van der Waals surface area contributed by atoms with E-state index < -0.39 is 0 Å². The van der Waals surface area contributed by atoms with Crippen LogP contribution in [0.15, 0.2) is 66.9 Å². The number of rotatable bonds is 7. The Labute approximate surface area is 193 Å². The van der Waals surface area contributed by atoms with Gasteiger partial charge in [0, 0.05) is 49.1 Å². The molecule has 0 bridgehead atoms. The first-order valence-corrected chi connectivity index (χ1v) is 11.3. The van der Waals surface area contributed by atoms with Gasteiger partial charge in [0.2, 0.25) is 5.95 Å². The van der Waals surface area contributed by atoms with Crippen LogP contribution in [0.2, 0.25) is 0 Å². The van der Waals surface area contributed by atoms with Crippen LogP contribution < -0.4 is 5.32 Å². The van der Waals surface area contributed by atoms with Gasteiger partial charge >= 0.3 is 0 Å². The summed E-state index contributed by atoms with van der Waals surface area (Å²) in [4.78, 5) is 19.0. The van der Waals surface area contributed by atoms with Crippen molar-refractivity contribution in [2.24, 2.45) is 0 Å². The molecule has 2 aromatic heterocycles. The van der Waals surface area contributed by atoms with E-state index in [1.165, 1.54) is 5.56 Å². The lowest BCUT2D eigenvalue weighted by Crippen LogP contribution is -2.35. The van der Waals surface area contributed by atoms with Gasteiger partial charge in [-0.3, -0.25) is 9.69 Å². The van der Waals surface area contributed by atoms with Gasteiger partial charge in [-0.05, 0) is 47.5 Å². The predicted molar refractivity (Wildman–Crippen MR) is 129 cm³/mol. The third-order valence-electron chi connectivity index (χ3n) is 5.92. The van der Waals surface area contributed by atoms with Crippen molar-refractivity contribution in [1.82, 2.24) is 19.5 Å². The molecule has 3 heterocycles. The highest BCUT2D eigenvalue weighted by atomic mass is 16.5. The maximum atomic E-state index is 11.8. The Hall–Kier alpha value is -3.55. The molecule has 0 aliphatic carbocycles. The second-order valence-electron chi connectivity index (χ2n) is 8.19. The van der Waals surface area contributed by atoms with Crippen LogP contribution in [0.3, 0.4) is 0 Å². The molecule has 1 aliphatic rings. The van der Waals surface area contributed by atoms with Crippen LogP contribution in [0.1, 0.15) is 29.3 Å². The minimum Gasteiger partial charge on any atom is -0.379 e. The second-order valence-corrected chi connectivity index (χ2v) is 8.19. The maximum Gasteiger partial charge on any atom is 0.247 e. The van der Waals surface area contributed by atoms with Crippen LogP contribution >= 0.6 is 0 Å². The largest absolute Gasteiger partial charge is 0.379 e. The first-order valence-electron chi connectivity index (χ1n) is 11.3. The first-order chi connectivity index (χ1) is 16.2. The molecule has 4 aromatic rings. The summed E-state index contributed by atoms with van der Waals surface area (Å²) in [5.41, 5.74) is 5.77. The second kappa shape index (κ2) is 9.52. The summed E-state index contributed by atoms with van der Waals surface area (Å²) < 4.78 is 7.22. The lowest BCUT2D eigenvalue weighted by Gasteiger charge is -2.26. The Morgan fingerprint density at radius 2 is 1.79 bits per heavy atom. The fourth-order valence-corrected chi connectivity index (χ4v) is 4.06. The number of nitrogens with one attached hydrogen (secondary N) is 1. The summed E-state index contributed by atoms with van der Waals surface area (Å²) >= 11 is 0. The topological polar surface area (TPSA) is 71.8 Å². The zero-order valence-corrected chi connectivity index (χ0v) is 18.7. The molecule has 33 heavy (non-hydrogen) atoms. The van der Waals surface area contributed by atoms with E-state index in [9.17, 15) is 4.79 Å². The number of hydrogen-bond donors (Lipinski definition) is 1. The van der Waals surface area contributed by atoms with Gasteiger partial charge < -0.3 is 10.1 Å². The quantitative estimate of drug-likeness (QED) is 0.424. The van der Waals surface area contributed by atoms with Crippen molar-refractivity contribution in [1.29, 1.82) is 0 Å². The third kappa shape index (κ3) is 4.79. The Kier molecular flexibility index (Phi) is 6.15. The molecule has 0 atom stereocenters. The summed E-state index contributed by atoms with van der Waals surface area (Å²) in [6.07, 6.45) is 2.39. The van der Waals surface area contributed by atoms with Gasteiger partial charge in [0.1, 0.15) is 0 Å². The van der Waals surface area contributed by atoms with Gasteiger partial charge in [-0.1, -0.05) is 31.2 Å². The fourth-order valence-electron chi connectivity index (χ4n) is 4.06. The molecule has 1 aliphatic heterocycles. The number of anilines is 2. The minimum absolute atomic E-state index is 0.132. The van der Waals surface area contributed by atoms with E-state index >= 15 is 0 Å². The number of morpholine rings is 1. The van der Waals surface area contributed by atoms with Crippen molar-refractivity contribution < 1.29 is 9.53 Å². The number of hydrogen-bond acceptors (Lipinski definition) is 6. The number of fused-ring (bicyclic) bond motifs is 1. The molecular weight excluding hydrogens is 414 g/mol. The Bertz CT molecular complexity index is 1240. The van der Waals surface area contributed by atoms with E-state index in [1.807, 2.05) is 43.5 Å². The van der Waals surface area contributed by atoms with E-state index in [2.05, 4.69) is 45.6 Å². The molecule has 2 aromatic carbocycles.